The largest absolute Gasteiger partial charge is 1.00 e. The van der Waals surface area contributed by atoms with Crippen LogP contribution in [0.5, 0.6) is 0 Å². The van der Waals surface area contributed by atoms with Gasteiger partial charge in [0.15, 0.2) is 6.29 Å². The van der Waals surface area contributed by atoms with E-state index >= 15 is 0 Å². The summed E-state index contributed by atoms with van der Waals surface area (Å²) < 4.78 is 0. The number of hydrogen-bond donors (Lipinski definition) is 6. The molecule has 4 atom stereocenters. The molecule has 0 aliphatic carbocycles. The monoisotopic (exact) mass is 384 g/mol. The number of carboxylic acid groups (broad SMARTS) is 2. The van der Waals surface area contributed by atoms with Crippen LogP contribution in [-0.4, -0.2) is 79.9 Å². The molecule has 1 aromatic carbocycles. The number of aliphatic hydroxyl groups excluding tert-OH is 5. The van der Waals surface area contributed by atoms with Crippen LogP contribution in [0.4, 0.5) is 0 Å². The molecule has 0 aliphatic heterocycles. The molecule has 1 rings (SSSR count). The summed E-state index contributed by atoms with van der Waals surface area (Å²) in [5.41, 5.74) is -0.553. The van der Waals surface area contributed by atoms with Gasteiger partial charge in [0.25, 0.3) is 0 Å². The Morgan fingerprint density at radius 2 is 1.52 bits per heavy atom. The third-order valence-electron chi connectivity index (χ3n) is 2.80. The number of aromatic carboxylic acids is 2. The quantitative estimate of drug-likeness (QED) is 0.194. The van der Waals surface area contributed by atoms with Crippen LogP contribution in [-0.2, 0) is 4.79 Å². The molecule has 0 aliphatic rings. The van der Waals surface area contributed by atoms with E-state index in [0.717, 1.165) is 0 Å². The maximum atomic E-state index is 10.4. The fourth-order valence-electron chi connectivity index (χ4n) is 1.47. The summed E-state index contributed by atoms with van der Waals surface area (Å²) in [5, 5.41) is 62.4. The van der Waals surface area contributed by atoms with Crippen LogP contribution in [0.2, 0.25) is 0 Å². The minimum atomic E-state index is -1.79. The summed E-state index contributed by atoms with van der Waals surface area (Å²) in [7, 11) is 0. The first kappa shape index (κ1) is 26.5. The second-order valence-electron chi connectivity index (χ2n) is 4.50. The van der Waals surface area contributed by atoms with E-state index in [1.165, 1.54) is 24.3 Å². The molecule has 0 saturated carbocycles. The Bertz CT molecular complexity index is 531. The zero-order valence-electron chi connectivity index (χ0n) is 13.2. The van der Waals surface area contributed by atoms with Gasteiger partial charge in [0.05, 0.1) is 18.1 Å². The van der Waals surface area contributed by atoms with Gasteiger partial charge < -0.3 is 45.3 Å². The van der Waals surface area contributed by atoms with Gasteiger partial charge in [-0.3, -0.25) is 0 Å². The third-order valence-corrected chi connectivity index (χ3v) is 2.80. The first-order valence-corrected chi connectivity index (χ1v) is 6.49. The van der Waals surface area contributed by atoms with Crippen LogP contribution in [0.25, 0.3) is 0 Å². The predicted octanol–water partition coefficient (Wildman–Crippen LogP) is -6.63. The number of carboxylic acids is 2. The van der Waals surface area contributed by atoms with Crippen molar-refractivity contribution in [2.24, 2.45) is 0 Å². The van der Waals surface area contributed by atoms with Crippen molar-refractivity contribution in [3.05, 3.63) is 35.4 Å². The van der Waals surface area contributed by atoms with Gasteiger partial charge in [-0.1, -0.05) is 18.2 Å². The molecule has 0 aromatic heterocycles. The molecule has 0 spiro atoms. The first-order valence-electron chi connectivity index (χ1n) is 6.49. The molecule has 0 fully saturated rings. The molecule has 11 heteroatoms. The third kappa shape index (κ3) is 8.96. The standard InChI is InChI=1S/C8H6O4.C6H12O6.K/c9-7(10)5-3-1-2-4-6(5)8(11)12;7-1-3(9)5(11)6(12)4(10)2-8;/h1-4H,(H,9,10)(H,11,12);1,3-6,8-12H,2H2;/q;;+1/p-1/t;3-,4+,5+,6+;/m.0./s1. The van der Waals surface area contributed by atoms with Gasteiger partial charge in [0.1, 0.15) is 24.4 Å². The summed E-state index contributed by atoms with van der Waals surface area (Å²) in [6.07, 6.45) is -6.84. The van der Waals surface area contributed by atoms with Crippen molar-refractivity contribution >= 4 is 18.2 Å². The number of rotatable bonds is 7. The van der Waals surface area contributed by atoms with E-state index in [1.54, 1.807) is 0 Å². The van der Waals surface area contributed by atoms with E-state index < -0.39 is 43.0 Å². The summed E-state index contributed by atoms with van der Waals surface area (Å²) in [4.78, 5) is 30.7. The van der Waals surface area contributed by atoms with Crippen molar-refractivity contribution in [2.45, 2.75) is 24.4 Å². The van der Waals surface area contributed by atoms with Crippen molar-refractivity contribution in [3.8, 4) is 0 Å². The van der Waals surface area contributed by atoms with Gasteiger partial charge in [-0.2, -0.15) is 0 Å². The van der Waals surface area contributed by atoms with E-state index in [9.17, 15) is 19.5 Å². The molecule has 0 bridgehead atoms. The summed E-state index contributed by atoms with van der Waals surface area (Å²) in [5.74, 6) is -2.75. The van der Waals surface area contributed by atoms with Crippen molar-refractivity contribution < 1.29 is 102 Å². The molecule has 6 N–H and O–H groups in total. The van der Waals surface area contributed by atoms with Crippen LogP contribution in [0.1, 0.15) is 20.7 Å². The number of benzene rings is 1. The minimum absolute atomic E-state index is 0. The Hall–Kier alpha value is -0.734. The maximum Gasteiger partial charge on any atom is 1.00 e. The van der Waals surface area contributed by atoms with Crippen LogP contribution < -0.4 is 56.5 Å². The molecule has 0 saturated heterocycles. The molecule has 0 amide bonds. The Kier molecular flexibility index (Phi) is 14.3. The van der Waals surface area contributed by atoms with Crippen LogP contribution in [0, 0.1) is 0 Å². The van der Waals surface area contributed by atoms with Gasteiger partial charge >= 0.3 is 57.4 Å². The second kappa shape index (κ2) is 13.5. The van der Waals surface area contributed by atoms with Gasteiger partial charge in [0, 0.05) is 5.56 Å². The molecular formula is C14H17KO10. The minimum Gasteiger partial charge on any atom is -0.545 e. The predicted molar refractivity (Wildman–Crippen MR) is 74.9 cm³/mol. The van der Waals surface area contributed by atoms with Crippen molar-refractivity contribution in [1.82, 2.24) is 0 Å². The number of carbonyl (C=O) groups excluding carboxylic acids is 2. The van der Waals surface area contributed by atoms with Gasteiger partial charge in [-0.15, -0.1) is 0 Å². The molecule has 10 nitrogen and oxygen atoms in total. The van der Waals surface area contributed by atoms with Gasteiger partial charge in [-0.25, -0.2) is 4.79 Å². The van der Waals surface area contributed by atoms with E-state index in [0.29, 0.717) is 0 Å². The Labute approximate surface area is 184 Å². The van der Waals surface area contributed by atoms with Crippen LogP contribution in [0.3, 0.4) is 0 Å². The number of hydrogen-bond acceptors (Lipinski definition) is 9. The van der Waals surface area contributed by atoms with Crippen LogP contribution in [0.15, 0.2) is 24.3 Å². The Balaban J connectivity index is 0. The number of aldehydes is 1. The molecule has 0 unspecified atom stereocenters. The Morgan fingerprint density at radius 1 is 1.04 bits per heavy atom. The average molecular weight is 384 g/mol. The fourth-order valence-corrected chi connectivity index (χ4v) is 1.47. The summed E-state index contributed by atoms with van der Waals surface area (Å²) in [6.45, 7) is -0.760. The summed E-state index contributed by atoms with van der Waals surface area (Å²) in [6, 6.07) is 5.31. The van der Waals surface area contributed by atoms with Gasteiger partial charge in [-0.05, 0) is 6.07 Å². The number of aliphatic hydroxyl groups is 5. The van der Waals surface area contributed by atoms with E-state index in [-0.39, 0.29) is 68.8 Å². The van der Waals surface area contributed by atoms with E-state index in [4.69, 9.17) is 30.6 Å². The zero-order valence-corrected chi connectivity index (χ0v) is 16.3. The molecule has 134 valence electrons. The smallest absolute Gasteiger partial charge is 0.545 e. The topological polar surface area (TPSA) is 196 Å². The van der Waals surface area contributed by atoms with Crippen molar-refractivity contribution in [3.63, 3.8) is 0 Å². The van der Waals surface area contributed by atoms with Crippen molar-refractivity contribution in [2.75, 3.05) is 6.61 Å². The maximum absolute atomic E-state index is 10.4. The van der Waals surface area contributed by atoms with Crippen molar-refractivity contribution in [1.29, 1.82) is 0 Å². The van der Waals surface area contributed by atoms with Crippen LogP contribution >= 0.6 is 0 Å². The molecule has 0 heterocycles. The second-order valence-corrected chi connectivity index (χ2v) is 4.50. The molecular weight excluding hydrogens is 367 g/mol. The zero-order chi connectivity index (χ0) is 18.9. The first-order chi connectivity index (χ1) is 11.2. The van der Waals surface area contributed by atoms with E-state index in [1.807, 2.05) is 0 Å². The Morgan fingerprint density at radius 3 is 1.84 bits per heavy atom. The fraction of sp³-hybridized carbons (Fsp3) is 0.357. The average Bonchev–Trinajstić information content (AvgIpc) is 2.59. The SMILES string of the molecule is O=C([O-])c1ccccc1C(=O)O.O=C[C@H](O)[C@@H](O)[C@H](O)[C@H](O)CO.[K+]. The van der Waals surface area contributed by atoms with E-state index in [2.05, 4.69) is 0 Å². The summed E-state index contributed by atoms with van der Waals surface area (Å²) >= 11 is 0. The molecule has 0 radical (unpaired) electrons. The number of carbonyl (C=O) groups is 3. The molecule has 25 heavy (non-hydrogen) atoms. The molecule has 1 aromatic rings. The van der Waals surface area contributed by atoms with Gasteiger partial charge in [0.2, 0.25) is 0 Å². The normalized spacial score (nSPS) is 14.6.